The molecule has 16 heavy (non-hydrogen) atoms. The third-order valence-electron chi connectivity index (χ3n) is 2.65. The molecule has 0 saturated heterocycles. The van der Waals surface area contributed by atoms with Crippen molar-refractivity contribution in [2.75, 3.05) is 24.6 Å². The molecule has 0 heterocycles. The lowest BCUT2D eigenvalue weighted by atomic mass is 10.3. The van der Waals surface area contributed by atoms with Crippen molar-refractivity contribution in [3.8, 4) is 0 Å². The highest BCUT2D eigenvalue weighted by Gasteiger charge is 2.08. The van der Waals surface area contributed by atoms with Crippen LogP contribution in [0.15, 0.2) is 0 Å². The quantitative estimate of drug-likeness (QED) is 0.634. The molecule has 1 amide bonds. The number of amides is 1. The van der Waals surface area contributed by atoms with E-state index >= 15 is 0 Å². The first kappa shape index (κ1) is 15.8. The maximum Gasteiger partial charge on any atom is 0.222 e. The van der Waals surface area contributed by atoms with Crippen molar-refractivity contribution in [3.63, 3.8) is 0 Å². The van der Waals surface area contributed by atoms with Crippen LogP contribution in [0.1, 0.15) is 40.0 Å². The highest BCUT2D eigenvalue weighted by Crippen LogP contribution is 2.08. The number of nitrogens with zero attached hydrogens (tertiary/aromatic N) is 1. The minimum atomic E-state index is 0.283. The lowest BCUT2D eigenvalue weighted by Crippen LogP contribution is -2.30. The van der Waals surface area contributed by atoms with Gasteiger partial charge in [-0.25, -0.2) is 0 Å². The Bertz CT molecular complexity index is 184. The second-order valence-electron chi connectivity index (χ2n) is 3.91. The first-order valence-corrected chi connectivity index (χ1v) is 7.42. The average molecular weight is 246 g/mol. The summed E-state index contributed by atoms with van der Waals surface area (Å²) in [6.07, 6.45) is 2.68. The Morgan fingerprint density at radius 1 is 1.31 bits per heavy atom. The third kappa shape index (κ3) is 7.12. The Labute approximate surface area is 104 Å². The van der Waals surface area contributed by atoms with Crippen LogP contribution < -0.4 is 5.73 Å². The third-order valence-corrected chi connectivity index (χ3v) is 3.89. The molecule has 0 aromatic heterocycles. The predicted octanol–water partition coefficient (Wildman–Crippen LogP) is 2.11. The average Bonchev–Trinajstić information content (AvgIpc) is 2.29. The summed E-state index contributed by atoms with van der Waals surface area (Å²) in [5.41, 5.74) is 5.81. The van der Waals surface area contributed by atoms with Crippen molar-refractivity contribution in [2.24, 2.45) is 5.73 Å². The molecule has 0 rings (SSSR count). The predicted molar refractivity (Wildman–Crippen MR) is 72.8 cm³/mol. The number of hydrogen-bond acceptors (Lipinski definition) is 3. The van der Waals surface area contributed by atoms with E-state index in [-0.39, 0.29) is 5.91 Å². The summed E-state index contributed by atoms with van der Waals surface area (Å²) in [5, 5.41) is 0. The van der Waals surface area contributed by atoms with E-state index in [1.165, 1.54) is 0 Å². The lowest BCUT2D eigenvalue weighted by molar-refractivity contribution is -0.130. The van der Waals surface area contributed by atoms with E-state index in [0.29, 0.717) is 12.5 Å². The number of hydrogen-bond donors (Lipinski definition) is 1. The summed E-state index contributed by atoms with van der Waals surface area (Å²) in [6.45, 7) is 7.80. The van der Waals surface area contributed by atoms with Crippen molar-refractivity contribution >= 4 is 17.7 Å². The van der Waals surface area contributed by atoms with E-state index in [9.17, 15) is 4.79 Å². The van der Waals surface area contributed by atoms with Crippen LogP contribution in [0.5, 0.6) is 0 Å². The molecule has 1 unspecified atom stereocenters. The van der Waals surface area contributed by atoms with Gasteiger partial charge in [-0.2, -0.15) is 11.8 Å². The molecule has 2 N–H and O–H groups in total. The molecule has 0 aromatic rings. The van der Waals surface area contributed by atoms with Gasteiger partial charge in [-0.15, -0.1) is 0 Å². The molecule has 0 spiro atoms. The lowest BCUT2D eigenvalue weighted by Gasteiger charge is -2.18. The van der Waals surface area contributed by atoms with Crippen LogP contribution >= 0.6 is 11.8 Å². The fourth-order valence-electron chi connectivity index (χ4n) is 1.41. The summed E-state index contributed by atoms with van der Waals surface area (Å²) >= 11 is 1.86. The summed E-state index contributed by atoms with van der Waals surface area (Å²) in [4.78, 5) is 13.5. The minimum absolute atomic E-state index is 0.283. The van der Waals surface area contributed by atoms with Crippen LogP contribution in [0.2, 0.25) is 0 Å². The maximum absolute atomic E-state index is 11.7. The fraction of sp³-hybridized carbons (Fsp3) is 0.917. The van der Waals surface area contributed by atoms with E-state index in [0.717, 1.165) is 37.4 Å². The zero-order valence-corrected chi connectivity index (χ0v) is 11.7. The van der Waals surface area contributed by atoms with Gasteiger partial charge >= 0.3 is 0 Å². The van der Waals surface area contributed by atoms with Crippen molar-refractivity contribution in [1.82, 2.24) is 4.90 Å². The summed E-state index contributed by atoms with van der Waals surface area (Å²) in [7, 11) is 0. The Morgan fingerprint density at radius 2 is 1.94 bits per heavy atom. The largest absolute Gasteiger partial charge is 0.343 e. The van der Waals surface area contributed by atoms with Crippen LogP contribution in [0.3, 0.4) is 0 Å². The molecule has 3 nitrogen and oxygen atoms in total. The molecular formula is C12H26N2OS. The highest BCUT2D eigenvalue weighted by atomic mass is 32.2. The molecule has 4 heteroatoms. The van der Waals surface area contributed by atoms with Gasteiger partial charge in [0.2, 0.25) is 5.91 Å². The monoisotopic (exact) mass is 246 g/mol. The van der Waals surface area contributed by atoms with E-state index < -0.39 is 0 Å². The Balaban J connectivity index is 3.47. The van der Waals surface area contributed by atoms with Crippen molar-refractivity contribution in [2.45, 2.75) is 46.1 Å². The van der Waals surface area contributed by atoms with Gasteiger partial charge in [-0.3, -0.25) is 4.79 Å². The van der Waals surface area contributed by atoms with Crippen LogP contribution in [0.25, 0.3) is 0 Å². The van der Waals surface area contributed by atoms with Gasteiger partial charge in [-0.1, -0.05) is 6.92 Å². The summed E-state index contributed by atoms with van der Waals surface area (Å²) < 4.78 is 0. The maximum atomic E-state index is 11.7. The molecular weight excluding hydrogens is 220 g/mol. The van der Waals surface area contributed by atoms with Gasteiger partial charge in [0.15, 0.2) is 0 Å². The molecule has 0 aromatic carbocycles. The molecule has 0 radical (unpaired) electrons. The Morgan fingerprint density at radius 3 is 2.44 bits per heavy atom. The second kappa shape index (κ2) is 9.97. The van der Waals surface area contributed by atoms with Gasteiger partial charge in [0.1, 0.15) is 0 Å². The van der Waals surface area contributed by atoms with Gasteiger partial charge in [0.25, 0.3) is 0 Å². The standard InChI is InChI=1S/C12H26N2OS/c1-4-11(13)10-16-9-7-8-12(15)14(5-2)6-3/h11H,4-10,13H2,1-3H3. The van der Waals surface area contributed by atoms with Gasteiger partial charge in [0, 0.05) is 31.3 Å². The smallest absolute Gasteiger partial charge is 0.222 e. The molecule has 0 fully saturated rings. The van der Waals surface area contributed by atoms with E-state index in [4.69, 9.17) is 5.73 Å². The normalized spacial score (nSPS) is 12.5. The van der Waals surface area contributed by atoms with Crippen molar-refractivity contribution in [3.05, 3.63) is 0 Å². The van der Waals surface area contributed by atoms with Crippen LogP contribution in [-0.2, 0) is 4.79 Å². The number of rotatable bonds is 9. The SMILES string of the molecule is CCC(N)CSCCCC(=O)N(CC)CC. The zero-order valence-electron chi connectivity index (χ0n) is 10.9. The zero-order chi connectivity index (χ0) is 12.4. The van der Waals surface area contributed by atoms with Crippen LogP contribution in [0, 0.1) is 0 Å². The summed E-state index contributed by atoms with van der Waals surface area (Å²) in [6, 6.07) is 0.309. The first-order valence-electron chi connectivity index (χ1n) is 6.26. The van der Waals surface area contributed by atoms with Gasteiger partial charge in [-0.05, 0) is 32.4 Å². The molecule has 96 valence electrons. The Hall–Kier alpha value is -0.220. The Kier molecular flexibility index (Phi) is 9.83. The first-order chi connectivity index (χ1) is 7.65. The van der Waals surface area contributed by atoms with Crippen LogP contribution in [-0.4, -0.2) is 41.4 Å². The summed E-state index contributed by atoms with van der Waals surface area (Å²) in [5.74, 6) is 2.34. The van der Waals surface area contributed by atoms with Crippen LogP contribution in [0.4, 0.5) is 0 Å². The van der Waals surface area contributed by atoms with E-state index in [2.05, 4.69) is 6.92 Å². The molecule has 0 aliphatic heterocycles. The minimum Gasteiger partial charge on any atom is -0.343 e. The molecule has 0 aliphatic rings. The molecule has 0 bridgehead atoms. The highest BCUT2D eigenvalue weighted by molar-refractivity contribution is 7.99. The molecule has 1 atom stereocenters. The van der Waals surface area contributed by atoms with Gasteiger partial charge < -0.3 is 10.6 Å². The van der Waals surface area contributed by atoms with Gasteiger partial charge in [0.05, 0.1) is 0 Å². The molecule has 0 aliphatic carbocycles. The van der Waals surface area contributed by atoms with E-state index in [1.54, 1.807) is 0 Å². The number of nitrogens with two attached hydrogens (primary N) is 1. The van der Waals surface area contributed by atoms with Crippen molar-refractivity contribution < 1.29 is 4.79 Å². The number of carbonyl (C=O) groups is 1. The number of thioether (sulfide) groups is 1. The molecule has 0 saturated carbocycles. The topological polar surface area (TPSA) is 46.3 Å². The van der Waals surface area contributed by atoms with Crippen molar-refractivity contribution in [1.29, 1.82) is 0 Å². The second-order valence-corrected chi connectivity index (χ2v) is 5.06. The number of carbonyl (C=O) groups excluding carboxylic acids is 1. The fourth-order valence-corrected chi connectivity index (χ4v) is 2.47. The van der Waals surface area contributed by atoms with E-state index in [1.807, 2.05) is 30.5 Å².